The number of rotatable bonds is 1. The Morgan fingerprint density at radius 3 is 3.12 bits per heavy atom. The van der Waals surface area contributed by atoms with Crippen LogP contribution in [0, 0.1) is 0 Å². The van der Waals surface area contributed by atoms with Crippen LogP contribution in [0.2, 0.25) is 0 Å². The van der Waals surface area contributed by atoms with Crippen LogP contribution in [0.4, 0.5) is 0 Å². The number of hydrogen-bond donors (Lipinski definition) is 1. The molecular weight excluding hydrogens is 200 g/mol. The highest BCUT2D eigenvalue weighted by atomic mass is 15.1. The van der Waals surface area contributed by atoms with E-state index < -0.39 is 0 Å². The average Bonchev–Trinajstić information content (AvgIpc) is 2.75. The van der Waals surface area contributed by atoms with E-state index in [0.29, 0.717) is 6.04 Å². The van der Waals surface area contributed by atoms with Gasteiger partial charge in [0.15, 0.2) is 0 Å². The Labute approximate surface area is 94.4 Å². The maximum Gasteiger partial charge on any atom is 0.116 e. The van der Waals surface area contributed by atoms with Gasteiger partial charge in [-0.05, 0) is 25.1 Å². The summed E-state index contributed by atoms with van der Waals surface area (Å²) < 4.78 is 2.34. The largest absolute Gasteiger partial charge is 0.341 e. The molecule has 0 aromatic carbocycles. The first kappa shape index (κ1) is 9.54. The van der Waals surface area contributed by atoms with Crippen molar-refractivity contribution >= 4 is 0 Å². The predicted molar refractivity (Wildman–Crippen MR) is 61.9 cm³/mol. The van der Waals surface area contributed by atoms with E-state index in [-0.39, 0.29) is 0 Å². The van der Waals surface area contributed by atoms with E-state index in [1.54, 1.807) is 12.5 Å². The van der Waals surface area contributed by atoms with Gasteiger partial charge < -0.3 is 9.88 Å². The Morgan fingerprint density at radius 2 is 2.31 bits per heavy atom. The van der Waals surface area contributed by atoms with Crippen molar-refractivity contribution in [2.24, 2.45) is 0 Å². The Bertz CT molecular complexity index is 489. The number of nitrogens with one attached hydrogen (secondary N) is 1. The van der Waals surface area contributed by atoms with Crippen LogP contribution in [0.15, 0.2) is 30.7 Å². The second-order valence-corrected chi connectivity index (χ2v) is 4.07. The maximum absolute atomic E-state index is 4.30. The van der Waals surface area contributed by atoms with Gasteiger partial charge in [0.1, 0.15) is 6.33 Å². The van der Waals surface area contributed by atoms with Crippen LogP contribution in [0.3, 0.4) is 0 Å². The van der Waals surface area contributed by atoms with Crippen molar-refractivity contribution in [3.63, 3.8) is 0 Å². The number of fused-ring (bicyclic) bond motifs is 1. The van der Waals surface area contributed by atoms with Gasteiger partial charge in [-0.3, -0.25) is 0 Å². The fourth-order valence-corrected chi connectivity index (χ4v) is 2.27. The lowest BCUT2D eigenvalue weighted by Gasteiger charge is -2.24. The Morgan fingerprint density at radius 1 is 1.38 bits per heavy atom. The van der Waals surface area contributed by atoms with Gasteiger partial charge in [0, 0.05) is 31.0 Å². The van der Waals surface area contributed by atoms with Crippen molar-refractivity contribution in [3.8, 4) is 11.4 Å². The molecule has 2 aromatic rings. The van der Waals surface area contributed by atoms with Crippen molar-refractivity contribution < 1.29 is 0 Å². The number of hydrogen-bond acceptors (Lipinski definition) is 3. The summed E-state index contributed by atoms with van der Waals surface area (Å²) in [6.07, 6.45) is 3.38. The molecule has 3 heterocycles. The van der Waals surface area contributed by atoms with Crippen molar-refractivity contribution in [1.82, 2.24) is 19.9 Å². The molecule has 1 N–H and O–H groups in total. The molecule has 82 valence electrons. The van der Waals surface area contributed by atoms with Gasteiger partial charge in [-0.1, -0.05) is 0 Å². The van der Waals surface area contributed by atoms with Crippen LogP contribution in [-0.2, 0) is 6.54 Å². The third kappa shape index (κ3) is 1.42. The molecule has 1 unspecified atom stereocenters. The van der Waals surface area contributed by atoms with Crippen LogP contribution in [-0.4, -0.2) is 21.1 Å². The number of nitrogens with zero attached hydrogens (tertiary/aromatic N) is 3. The standard InChI is InChI=1S/C12H14N4/c1-9-11-2-3-12(16(11)7-6-14-9)10-4-5-13-8-15-10/h2-5,8-9,14H,6-7H2,1H3. The van der Waals surface area contributed by atoms with Gasteiger partial charge in [-0.15, -0.1) is 0 Å². The summed E-state index contributed by atoms with van der Waals surface area (Å²) >= 11 is 0. The van der Waals surface area contributed by atoms with Gasteiger partial charge in [0.2, 0.25) is 0 Å². The first-order valence-corrected chi connectivity index (χ1v) is 5.55. The Balaban J connectivity index is 2.10. The van der Waals surface area contributed by atoms with E-state index in [4.69, 9.17) is 0 Å². The minimum atomic E-state index is 0.421. The first-order chi connectivity index (χ1) is 7.86. The van der Waals surface area contributed by atoms with E-state index in [1.807, 2.05) is 6.07 Å². The maximum atomic E-state index is 4.30. The summed E-state index contributed by atoms with van der Waals surface area (Å²) in [6.45, 7) is 4.21. The molecule has 0 aliphatic carbocycles. The highest BCUT2D eigenvalue weighted by molar-refractivity contribution is 5.56. The fraction of sp³-hybridized carbons (Fsp3) is 0.333. The second-order valence-electron chi connectivity index (χ2n) is 4.07. The summed E-state index contributed by atoms with van der Waals surface area (Å²) in [7, 11) is 0. The zero-order chi connectivity index (χ0) is 11.0. The molecule has 0 spiro atoms. The van der Waals surface area contributed by atoms with Gasteiger partial charge in [0.05, 0.1) is 11.4 Å². The molecule has 0 bridgehead atoms. The molecule has 1 aliphatic rings. The molecule has 0 saturated heterocycles. The molecule has 0 amide bonds. The lowest BCUT2D eigenvalue weighted by atomic mass is 10.2. The molecule has 1 aliphatic heterocycles. The summed E-state index contributed by atoms with van der Waals surface area (Å²) in [5.74, 6) is 0. The van der Waals surface area contributed by atoms with E-state index >= 15 is 0 Å². The molecule has 0 saturated carbocycles. The van der Waals surface area contributed by atoms with Gasteiger partial charge in [-0.25, -0.2) is 9.97 Å². The summed E-state index contributed by atoms with van der Waals surface area (Å²) in [5.41, 5.74) is 3.51. The van der Waals surface area contributed by atoms with E-state index in [2.05, 4.69) is 38.9 Å². The van der Waals surface area contributed by atoms with Crippen molar-refractivity contribution in [2.75, 3.05) is 6.54 Å². The third-order valence-corrected chi connectivity index (χ3v) is 3.09. The molecule has 16 heavy (non-hydrogen) atoms. The van der Waals surface area contributed by atoms with E-state index in [1.165, 1.54) is 11.4 Å². The predicted octanol–water partition coefficient (Wildman–Crippen LogP) is 1.61. The van der Waals surface area contributed by atoms with Crippen molar-refractivity contribution in [1.29, 1.82) is 0 Å². The van der Waals surface area contributed by atoms with Crippen molar-refractivity contribution in [3.05, 3.63) is 36.4 Å². The normalized spacial score (nSPS) is 19.4. The second kappa shape index (κ2) is 3.72. The van der Waals surface area contributed by atoms with Gasteiger partial charge >= 0.3 is 0 Å². The van der Waals surface area contributed by atoms with Crippen LogP contribution >= 0.6 is 0 Å². The average molecular weight is 214 g/mol. The highest BCUT2D eigenvalue weighted by Gasteiger charge is 2.18. The topological polar surface area (TPSA) is 42.7 Å². The lowest BCUT2D eigenvalue weighted by molar-refractivity contribution is 0.451. The van der Waals surface area contributed by atoms with Crippen LogP contribution in [0.25, 0.3) is 11.4 Å². The molecule has 4 nitrogen and oxygen atoms in total. The Kier molecular flexibility index (Phi) is 2.22. The van der Waals surface area contributed by atoms with Gasteiger partial charge in [-0.2, -0.15) is 0 Å². The quantitative estimate of drug-likeness (QED) is 0.784. The van der Waals surface area contributed by atoms with Gasteiger partial charge in [0.25, 0.3) is 0 Å². The lowest BCUT2D eigenvalue weighted by Crippen LogP contribution is -2.31. The SMILES string of the molecule is CC1NCCn2c(-c3ccncn3)ccc21. The monoisotopic (exact) mass is 214 g/mol. The molecule has 2 aromatic heterocycles. The first-order valence-electron chi connectivity index (χ1n) is 5.55. The molecule has 4 heteroatoms. The molecule has 0 radical (unpaired) electrons. The van der Waals surface area contributed by atoms with Crippen LogP contribution in [0.1, 0.15) is 18.7 Å². The minimum absolute atomic E-state index is 0.421. The minimum Gasteiger partial charge on any atom is -0.341 e. The molecule has 3 rings (SSSR count). The smallest absolute Gasteiger partial charge is 0.116 e. The van der Waals surface area contributed by atoms with E-state index in [0.717, 1.165) is 18.8 Å². The summed E-state index contributed by atoms with van der Waals surface area (Å²) in [4.78, 5) is 8.25. The molecule has 1 atom stereocenters. The Hall–Kier alpha value is -1.68. The highest BCUT2D eigenvalue weighted by Crippen LogP contribution is 2.26. The van der Waals surface area contributed by atoms with Crippen LogP contribution < -0.4 is 5.32 Å². The summed E-state index contributed by atoms with van der Waals surface area (Å²) in [5, 5.41) is 3.45. The molecular formula is C12H14N4. The van der Waals surface area contributed by atoms with Crippen LogP contribution in [0.5, 0.6) is 0 Å². The zero-order valence-electron chi connectivity index (χ0n) is 9.22. The fourth-order valence-electron chi connectivity index (χ4n) is 2.27. The third-order valence-electron chi connectivity index (χ3n) is 3.09. The summed E-state index contributed by atoms with van der Waals surface area (Å²) in [6, 6.07) is 6.69. The van der Waals surface area contributed by atoms with Crippen molar-refractivity contribution in [2.45, 2.75) is 19.5 Å². The van der Waals surface area contributed by atoms with E-state index in [9.17, 15) is 0 Å². The number of aromatic nitrogens is 3. The zero-order valence-corrected chi connectivity index (χ0v) is 9.22. The molecule has 0 fully saturated rings.